The number of piperidine rings is 1. The van der Waals surface area contributed by atoms with Gasteiger partial charge < -0.3 is 14.4 Å². The van der Waals surface area contributed by atoms with Crippen molar-refractivity contribution in [3.05, 3.63) is 35.9 Å². The van der Waals surface area contributed by atoms with Gasteiger partial charge in [0.2, 0.25) is 5.91 Å². The van der Waals surface area contributed by atoms with Gasteiger partial charge in [0.25, 0.3) is 0 Å². The molecular formula is C19H27NO3. The molecule has 2 saturated heterocycles. The monoisotopic (exact) mass is 317 g/mol. The van der Waals surface area contributed by atoms with Crippen molar-refractivity contribution < 1.29 is 14.3 Å². The predicted octanol–water partition coefficient (Wildman–Crippen LogP) is 2.66. The van der Waals surface area contributed by atoms with Crippen LogP contribution in [0.3, 0.4) is 0 Å². The van der Waals surface area contributed by atoms with Crippen molar-refractivity contribution in [2.45, 2.75) is 37.7 Å². The molecule has 4 heteroatoms. The average Bonchev–Trinajstić information content (AvgIpc) is 2.97. The van der Waals surface area contributed by atoms with Crippen LogP contribution in [0.25, 0.3) is 0 Å². The molecule has 3 rings (SSSR count). The van der Waals surface area contributed by atoms with E-state index in [-0.39, 0.29) is 11.5 Å². The van der Waals surface area contributed by atoms with Crippen LogP contribution >= 0.6 is 0 Å². The first-order chi connectivity index (χ1) is 11.2. The maximum atomic E-state index is 12.4. The second-order valence-corrected chi connectivity index (χ2v) is 6.89. The number of ether oxygens (including phenoxy) is 2. The molecule has 0 aromatic heterocycles. The zero-order valence-corrected chi connectivity index (χ0v) is 14.0. The second kappa shape index (κ2) is 7.45. The van der Waals surface area contributed by atoms with E-state index in [1.165, 1.54) is 0 Å². The van der Waals surface area contributed by atoms with E-state index in [0.29, 0.717) is 12.3 Å². The highest BCUT2D eigenvalue weighted by Crippen LogP contribution is 2.39. The van der Waals surface area contributed by atoms with Gasteiger partial charge in [0.1, 0.15) is 0 Å². The molecule has 2 heterocycles. The van der Waals surface area contributed by atoms with E-state index < -0.39 is 0 Å². The van der Waals surface area contributed by atoms with Gasteiger partial charge >= 0.3 is 0 Å². The molecule has 0 saturated carbocycles. The molecule has 1 amide bonds. The van der Waals surface area contributed by atoms with Crippen molar-refractivity contribution in [1.82, 2.24) is 4.90 Å². The van der Waals surface area contributed by atoms with Crippen molar-refractivity contribution in [2.24, 2.45) is 5.92 Å². The highest BCUT2D eigenvalue weighted by Gasteiger charge is 2.42. The van der Waals surface area contributed by atoms with E-state index >= 15 is 0 Å². The smallest absolute Gasteiger partial charge is 0.226 e. The summed E-state index contributed by atoms with van der Waals surface area (Å²) in [6.07, 6.45) is 4.64. The van der Waals surface area contributed by atoms with E-state index in [2.05, 4.69) is 0 Å². The van der Waals surface area contributed by atoms with Crippen LogP contribution in [0.1, 0.15) is 31.2 Å². The molecule has 2 aliphatic heterocycles. The predicted molar refractivity (Wildman–Crippen MR) is 89.2 cm³/mol. The van der Waals surface area contributed by atoms with Gasteiger partial charge in [-0.1, -0.05) is 30.3 Å². The van der Waals surface area contributed by atoms with Crippen LogP contribution in [0.2, 0.25) is 0 Å². The van der Waals surface area contributed by atoms with Gasteiger partial charge in [-0.2, -0.15) is 0 Å². The minimum atomic E-state index is 0.0158. The Morgan fingerprint density at radius 1 is 1.30 bits per heavy atom. The first kappa shape index (κ1) is 16.5. The minimum absolute atomic E-state index is 0.0158. The number of methoxy groups -OCH3 is 1. The molecule has 0 radical (unpaired) electrons. The van der Waals surface area contributed by atoms with Crippen molar-refractivity contribution in [2.75, 3.05) is 33.4 Å². The Hall–Kier alpha value is -1.39. The standard InChI is InChI=1S/C19H27NO3/c1-22-12-7-17-14-19(23-15-17)8-10-20(11-9-19)18(21)13-16-5-3-2-4-6-16/h2-6,17H,7-15H2,1H3/t17-/m1/s1. The molecule has 1 spiro atoms. The van der Waals surface area contributed by atoms with E-state index in [1.54, 1.807) is 7.11 Å². The number of likely N-dealkylation sites (tertiary alicyclic amines) is 1. The fourth-order valence-electron chi connectivity index (χ4n) is 3.80. The number of nitrogens with zero attached hydrogens (tertiary/aromatic N) is 1. The van der Waals surface area contributed by atoms with Gasteiger partial charge in [-0.3, -0.25) is 4.79 Å². The number of rotatable bonds is 5. The molecule has 126 valence electrons. The first-order valence-corrected chi connectivity index (χ1v) is 8.65. The Balaban J connectivity index is 1.48. The van der Waals surface area contributed by atoms with Gasteiger partial charge in [-0.15, -0.1) is 0 Å². The number of benzene rings is 1. The van der Waals surface area contributed by atoms with Crippen LogP contribution < -0.4 is 0 Å². The Labute approximate surface area is 138 Å². The second-order valence-electron chi connectivity index (χ2n) is 6.89. The maximum absolute atomic E-state index is 12.4. The van der Waals surface area contributed by atoms with Crippen molar-refractivity contribution in [3.8, 4) is 0 Å². The van der Waals surface area contributed by atoms with Crippen LogP contribution in [-0.4, -0.2) is 49.8 Å². The van der Waals surface area contributed by atoms with E-state index in [4.69, 9.17) is 9.47 Å². The first-order valence-electron chi connectivity index (χ1n) is 8.65. The summed E-state index contributed by atoms with van der Waals surface area (Å²) in [7, 11) is 1.75. The summed E-state index contributed by atoms with van der Waals surface area (Å²) in [5.74, 6) is 0.849. The van der Waals surface area contributed by atoms with Crippen LogP contribution in [0.5, 0.6) is 0 Å². The molecule has 0 unspecified atom stereocenters. The lowest BCUT2D eigenvalue weighted by Crippen LogP contribution is -2.46. The summed E-state index contributed by atoms with van der Waals surface area (Å²) in [4.78, 5) is 14.4. The van der Waals surface area contributed by atoms with Gasteiger partial charge in [-0.05, 0) is 37.2 Å². The Kier molecular flexibility index (Phi) is 5.34. The molecule has 23 heavy (non-hydrogen) atoms. The van der Waals surface area contributed by atoms with Crippen molar-refractivity contribution in [3.63, 3.8) is 0 Å². The summed E-state index contributed by atoms with van der Waals surface area (Å²) >= 11 is 0. The van der Waals surface area contributed by atoms with Gasteiger partial charge in [0.15, 0.2) is 0 Å². The molecule has 0 aliphatic carbocycles. The molecule has 1 atom stereocenters. The lowest BCUT2D eigenvalue weighted by Gasteiger charge is -2.38. The number of carbonyl (C=O) groups is 1. The van der Waals surface area contributed by atoms with Crippen LogP contribution in [0.15, 0.2) is 30.3 Å². The SMILES string of the molecule is COCC[C@H]1COC2(CCN(C(=O)Cc3ccccc3)CC2)C1. The van der Waals surface area contributed by atoms with Gasteiger partial charge in [0.05, 0.1) is 18.6 Å². The topological polar surface area (TPSA) is 38.8 Å². The third-order valence-electron chi connectivity index (χ3n) is 5.24. The molecule has 1 aromatic rings. The third kappa shape index (κ3) is 4.12. The molecule has 0 N–H and O–H groups in total. The lowest BCUT2D eigenvalue weighted by molar-refractivity contribution is -0.135. The van der Waals surface area contributed by atoms with Gasteiger partial charge in [0, 0.05) is 26.8 Å². The normalized spacial score (nSPS) is 23.3. The molecule has 2 fully saturated rings. The number of hydrogen-bond donors (Lipinski definition) is 0. The van der Waals surface area contributed by atoms with E-state index in [0.717, 1.165) is 57.6 Å². The van der Waals surface area contributed by atoms with Crippen molar-refractivity contribution >= 4 is 5.91 Å². The zero-order valence-electron chi connectivity index (χ0n) is 14.0. The number of amides is 1. The summed E-state index contributed by atoms with van der Waals surface area (Å²) in [5.41, 5.74) is 1.11. The summed E-state index contributed by atoms with van der Waals surface area (Å²) in [6.45, 7) is 3.30. The number of hydrogen-bond acceptors (Lipinski definition) is 3. The molecule has 0 bridgehead atoms. The summed E-state index contributed by atoms with van der Waals surface area (Å²) in [5, 5.41) is 0. The zero-order chi connectivity index (χ0) is 16.1. The fourth-order valence-corrected chi connectivity index (χ4v) is 3.80. The Bertz CT molecular complexity index is 509. The largest absolute Gasteiger partial charge is 0.385 e. The highest BCUT2D eigenvalue weighted by molar-refractivity contribution is 5.78. The lowest BCUT2D eigenvalue weighted by atomic mass is 9.84. The van der Waals surface area contributed by atoms with Crippen LogP contribution in [0.4, 0.5) is 0 Å². The Morgan fingerprint density at radius 3 is 2.74 bits per heavy atom. The van der Waals surface area contributed by atoms with Crippen LogP contribution in [0, 0.1) is 5.92 Å². The Morgan fingerprint density at radius 2 is 2.04 bits per heavy atom. The quantitative estimate of drug-likeness (QED) is 0.838. The fraction of sp³-hybridized carbons (Fsp3) is 0.632. The summed E-state index contributed by atoms with van der Waals surface area (Å²) in [6, 6.07) is 9.99. The third-order valence-corrected chi connectivity index (χ3v) is 5.24. The number of carbonyl (C=O) groups excluding carboxylic acids is 1. The molecule has 2 aliphatic rings. The van der Waals surface area contributed by atoms with E-state index in [9.17, 15) is 4.79 Å². The highest BCUT2D eigenvalue weighted by atomic mass is 16.5. The maximum Gasteiger partial charge on any atom is 0.226 e. The minimum Gasteiger partial charge on any atom is -0.385 e. The molecule has 1 aromatic carbocycles. The molecular weight excluding hydrogens is 290 g/mol. The van der Waals surface area contributed by atoms with Crippen LogP contribution in [-0.2, 0) is 20.7 Å². The summed E-state index contributed by atoms with van der Waals surface area (Å²) < 4.78 is 11.3. The van der Waals surface area contributed by atoms with E-state index in [1.807, 2.05) is 35.2 Å². The average molecular weight is 317 g/mol. The van der Waals surface area contributed by atoms with Gasteiger partial charge in [-0.25, -0.2) is 0 Å². The molecule has 4 nitrogen and oxygen atoms in total. The van der Waals surface area contributed by atoms with Crippen molar-refractivity contribution in [1.29, 1.82) is 0 Å².